The molecule has 0 radical (unpaired) electrons. The summed E-state index contributed by atoms with van der Waals surface area (Å²) in [6.07, 6.45) is 5.27. The Morgan fingerprint density at radius 3 is 2.61 bits per heavy atom. The van der Waals surface area contributed by atoms with Crippen LogP contribution in [0, 0.1) is 18.8 Å². The number of carboxylic acids is 1. The first-order valence-electron chi connectivity index (χ1n) is 10.0. The van der Waals surface area contributed by atoms with Crippen molar-refractivity contribution in [3.63, 3.8) is 0 Å². The Morgan fingerprint density at radius 2 is 2.07 bits per heavy atom. The molecule has 1 aliphatic carbocycles. The monoisotopic (exact) mass is 408 g/mol. The van der Waals surface area contributed by atoms with Crippen LogP contribution in [0.4, 0.5) is 0 Å². The summed E-state index contributed by atoms with van der Waals surface area (Å²) in [5, 5.41) is 42.5. The Hall–Kier alpha value is -1.63. The molecule has 6 heteroatoms. The van der Waals surface area contributed by atoms with Crippen LogP contribution in [0.2, 0.25) is 0 Å². The van der Waals surface area contributed by atoms with Crippen LogP contribution in [0.1, 0.15) is 62.1 Å². The SMILES string of the molecule is C/C=C\C[C@@H](O)C(O)(C(=O)O)C1CCC[C@@H]1/C(O)=C(/CCC)c1ccc(C)s1. The van der Waals surface area contributed by atoms with E-state index in [1.54, 1.807) is 30.4 Å². The molecule has 156 valence electrons. The highest BCUT2D eigenvalue weighted by Crippen LogP contribution is 2.47. The number of carboxylic acid groups (broad SMARTS) is 1. The van der Waals surface area contributed by atoms with Crippen LogP contribution in [0.3, 0.4) is 0 Å². The van der Waals surface area contributed by atoms with Crippen LogP contribution in [-0.2, 0) is 4.79 Å². The van der Waals surface area contributed by atoms with E-state index in [0.29, 0.717) is 25.7 Å². The third-order valence-electron chi connectivity index (χ3n) is 5.73. The molecule has 1 fully saturated rings. The first-order valence-corrected chi connectivity index (χ1v) is 10.8. The van der Waals surface area contributed by atoms with Crippen molar-refractivity contribution >= 4 is 22.9 Å². The van der Waals surface area contributed by atoms with E-state index in [0.717, 1.165) is 21.7 Å². The van der Waals surface area contributed by atoms with E-state index in [1.165, 1.54) is 0 Å². The zero-order valence-corrected chi connectivity index (χ0v) is 17.7. The van der Waals surface area contributed by atoms with Gasteiger partial charge < -0.3 is 20.4 Å². The largest absolute Gasteiger partial charge is 0.512 e. The smallest absolute Gasteiger partial charge is 0.338 e. The number of rotatable bonds is 9. The summed E-state index contributed by atoms with van der Waals surface area (Å²) in [4.78, 5) is 14.1. The molecule has 1 aliphatic rings. The van der Waals surface area contributed by atoms with Crippen molar-refractivity contribution < 1.29 is 25.2 Å². The van der Waals surface area contributed by atoms with Crippen LogP contribution in [-0.4, -0.2) is 38.1 Å². The molecule has 4 atom stereocenters. The van der Waals surface area contributed by atoms with E-state index in [9.17, 15) is 25.2 Å². The molecule has 1 saturated carbocycles. The maximum atomic E-state index is 12.0. The molecule has 1 aromatic heterocycles. The van der Waals surface area contributed by atoms with E-state index in [2.05, 4.69) is 0 Å². The molecule has 0 saturated heterocycles. The molecule has 2 rings (SSSR count). The van der Waals surface area contributed by atoms with Crippen molar-refractivity contribution in [2.24, 2.45) is 11.8 Å². The van der Waals surface area contributed by atoms with E-state index in [-0.39, 0.29) is 12.2 Å². The predicted octanol–water partition coefficient (Wildman–Crippen LogP) is 4.68. The van der Waals surface area contributed by atoms with Crippen LogP contribution in [0.5, 0.6) is 0 Å². The second-order valence-corrected chi connectivity index (χ2v) is 8.91. The average molecular weight is 409 g/mol. The van der Waals surface area contributed by atoms with Gasteiger partial charge in [-0.2, -0.15) is 0 Å². The number of hydrogen-bond donors (Lipinski definition) is 4. The number of thiophene rings is 1. The van der Waals surface area contributed by atoms with Gasteiger partial charge in [0.25, 0.3) is 0 Å². The molecule has 28 heavy (non-hydrogen) atoms. The number of aliphatic carboxylic acids is 1. The lowest BCUT2D eigenvalue weighted by Crippen LogP contribution is -2.56. The van der Waals surface area contributed by atoms with Gasteiger partial charge in [-0.3, -0.25) is 0 Å². The number of carbonyl (C=O) groups is 1. The quantitative estimate of drug-likeness (QED) is 0.351. The predicted molar refractivity (Wildman–Crippen MR) is 112 cm³/mol. The lowest BCUT2D eigenvalue weighted by atomic mass is 9.74. The molecule has 1 aromatic rings. The average Bonchev–Trinajstić information content (AvgIpc) is 3.32. The molecule has 0 bridgehead atoms. The highest BCUT2D eigenvalue weighted by molar-refractivity contribution is 7.13. The number of aliphatic hydroxyl groups is 3. The summed E-state index contributed by atoms with van der Waals surface area (Å²) in [5.74, 6) is -2.48. The molecular weight excluding hydrogens is 376 g/mol. The molecule has 0 aliphatic heterocycles. The van der Waals surface area contributed by atoms with E-state index < -0.39 is 29.5 Å². The molecule has 1 heterocycles. The molecule has 0 spiro atoms. The summed E-state index contributed by atoms with van der Waals surface area (Å²) < 4.78 is 0. The first-order chi connectivity index (χ1) is 13.3. The first kappa shape index (κ1) is 22.7. The number of hydrogen-bond acceptors (Lipinski definition) is 5. The Labute approximate surface area is 171 Å². The van der Waals surface area contributed by atoms with E-state index in [4.69, 9.17) is 0 Å². The van der Waals surface area contributed by atoms with Gasteiger partial charge >= 0.3 is 5.97 Å². The van der Waals surface area contributed by atoms with Crippen LogP contribution in [0.25, 0.3) is 5.57 Å². The molecule has 0 amide bonds. The van der Waals surface area contributed by atoms with Gasteiger partial charge in [-0.25, -0.2) is 4.79 Å². The van der Waals surface area contributed by atoms with Crippen molar-refractivity contribution in [3.8, 4) is 0 Å². The third-order valence-corrected chi connectivity index (χ3v) is 6.79. The molecule has 2 unspecified atom stereocenters. The molecule has 0 aromatic carbocycles. The van der Waals surface area contributed by atoms with Gasteiger partial charge in [-0.1, -0.05) is 31.9 Å². The fourth-order valence-electron chi connectivity index (χ4n) is 4.25. The summed E-state index contributed by atoms with van der Waals surface area (Å²) in [6.45, 7) is 5.82. The number of aryl methyl sites for hydroxylation is 1. The van der Waals surface area contributed by atoms with Crippen molar-refractivity contribution in [2.75, 3.05) is 0 Å². The van der Waals surface area contributed by atoms with Gasteiger partial charge in [0.2, 0.25) is 0 Å². The number of aliphatic hydroxyl groups excluding tert-OH is 2. The zero-order chi connectivity index (χ0) is 20.9. The lowest BCUT2D eigenvalue weighted by molar-refractivity contribution is -0.184. The van der Waals surface area contributed by atoms with Gasteiger partial charge in [-0.15, -0.1) is 11.3 Å². The van der Waals surface area contributed by atoms with Crippen molar-refractivity contribution in [3.05, 3.63) is 39.8 Å². The van der Waals surface area contributed by atoms with Gasteiger partial charge in [0.1, 0.15) is 5.76 Å². The van der Waals surface area contributed by atoms with Crippen LogP contribution < -0.4 is 0 Å². The zero-order valence-electron chi connectivity index (χ0n) is 16.9. The molecule has 5 nitrogen and oxygen atoms in total. The fraction of sp³-hybridized carbons (Fsp3) is 0.591. The topological polar surface area (TPSA) is 98.0 Å². The minimum atomic E-state index is -2.29. The Bertz CT molecular complexity index is 735. The highest BCUT2D eigenvalue weighted by Gasteiger charge is 2.55. The van der Waals surface area contributed by atoms with Crippen molar-refractivity contribution in [2.45, 2.75) is 71.0 Å². The minimum absolute atomic E-state index is 0.0545. The van der Waals surface area contributed by atoms with Gasteiger partial charge in [0.05, 0.1) is 6.10 Å². The second kappa shape index (κ2) is 9.72. The number of allylic oxidation sites excluding steroid dienone is 3. The standard InChI is InChI=1S/C22H32O5S/c1-4-6-11-19(23)22(27,21(25)26)17-10-7-9-15(17)20(24)16(8-5-2)18-13-12-14(3)28-18/h4,6,12-13,15,17,19,23-24,27H,5,7-11H2,1-3H3,(H,25,26)/b6-4-,20-16+/t15-,17?,19+,22?/m0/s1. The summed E-state index contributed by atoms with van der Waals surface area (Å²) in [7, 11) is 0. The molecule has 4 N–H and O–H groups in total. The second-order valence-electron chi connectivity index (χ2n) is 7.62. The fourth-order valence-corrected chi connectivity index (χ4v) is 5.20. The third kappa shape index (κ3) is 4.50. The summed E-state index contributed by atoms with van der Waals surface area (Å²) >= 11 is 1.60. The minimum Gasteiger partial charge on any atom is -0.512 e. The summed E-state index contributed by atoms with van der Waals surface area (Å²) in [6, 6.07) is 3.99. The highest BCUT2D eigenvalue weighted by atomic mass is 32.1. The van der Waals surface area contributed by atoms with Gasteiger partial charge in [0.15, 0.2) is 5.60 Å². The van der Waals surface area contributed by atoms with Gasteiger partial charge in [-0.05, 0) is 51.7 Å². The van der Waals surface area contributed by atoms with Crippen molar-refractivity contribution in [1.82, 2.24) is 0 Å². The van der Waals surface area contributed by atoms with E-state index >= 15 is 0 Å². The van der Waals surface area contributed by atoms with Crippen LogP contribution >= 0.6 is 11.3 Å². The maximum Gasteiger partial charge on any atom is 0.338 e. The van der Waals surface area contributed by atoms with E-state index in [1.807, 2.05) is 26.0 Å². The molecular formula is C22H32O5S. The lowest BCUT2D eigenvalue weighted by Gasteiger charge is -2.37. The Morgan fingerprint density at radius 1 is 1.36 bits per heavy atom. The van der Waals surface area contributed by atoms with Crippen LogP contribution in [0.15, 0.2) is 30.0 Å². The Balaban J connectivity index is 2.46. The Kier molecular flexibility index (Phi) is 7.87. The van der Waals surface area contributed by atoms with Crippen molar-refractivity contribution in [1.29, 1.82) is 0 Å². The maximum absolute atomic E-state index is 12.0. The van der Waals surface area contributed by atoms with Gasteiger partial charge in [0, 0.05) is 27.2 Å². The summed E-state index contributed by atoms with van der Waals surface area (Å²) in [5.41, 5.74) is -1.47. The normalized spacial score (nSPS) is 24.2.